The summed E-state index contributed by atoms with van der Waals surface area (Å²) in [5, 5.41) is 0. The van der Waals surface area contributed by atoms with Gasteiger partial charge in [0.05, 0.1) is 6.61 Å². The molecule has 0 radical (unpaired) electrons. The molecular weight excluding hydrogens is 328 g/mol. The van der Waals surface area contributed by atoms with E-state index in [1.165, 1.54) is 84.0 Å². The quantitative estimate of drug-likeness (QED) is 0.241. The number of carbonyl (C=O) groups is 1. The first-order chi connectivity index (χ1) is 12.6. The molecule has 0 amide bonds. The zero-order chi connectivity index (χ0) is 19.1. The van der Waals surface area contributed by atoms with Crippen LogP contribution in [-0.2, 0) is 19.0 Å². The van der Waals surface area contributed by atoms with Crippen molar-refractivity contribution in [1.29, 1.82) is 0 Å². The van der Waals surface area contributed by atoms with E-state index in [9.17, 15) is 4.79 Å². The van der Waals surface area contributed by atoms with E-state index in [1.54, 1.807) is 0 Å². The third-order valence-corrected chi connectivity index (χ3v) is 5.20. The molecule has 1 aliphatic rings. The number of ether oxygens (including phenoxy) is 3. The molecule has 26 heavy (non-hydrogen) atoms. The van der Waals surface area contributed by atoms with Gasteiger partial charge in [-0.2, -0.15) is 0 Å². The van der Waals surface area contributed by atoms with E-state index in [2.05, 4.69) is 6.92 Å². The van der Waals surface area contributed by atoms with Gasteiger partial charge in [-0.3, -0.25) is 4.79 Å². The molecular formula is C22H42O4. The normalized spacial score (nSPS) is 22.7. The highest BCUT2D eigenvalue weighted by molar-refractivity contribution is 5.65. The fourth-order valence-corrected chi connectivity index (χ4v) is 3.58. The molecule has 1 aliphatic heterocycles. The summed E-state index contributed by atoms with van der Waals surface area (Å²) in [6.45, 7) is 6.51. The lowest BCUT2D eigenvalue weighted by Gasteiger charge is -2.23. The average molecular weight is 371 g/mol. The highest BCUT2D eigenvalue weighted by Crippen LogP contribution is 2.29. The molecule has 2 atom stereocenters. The van der Waals surface area contributed by atoms with Crippen LogP contribution in [0.25, 0.3) is 0 Å². The lowest BCUT2D eigenvalue weighted by molar-refractivity contribution is -0.169. The van der Waals surface area contributed by atoms with Crippen molar-refractivity contribution in [3.63, 3.8) is 0 Å². The minimum Gasteiger partial charge on any atom is -0.463 e. The van der Waals surface area contributed by atoms with E-state index >= 15 is 0 Å². The minimum absolute atomic E-state index is 0.120. The summed E-state index contributed by atoms with van der Waals surface area (Å²) >= 11 is 0. The fraction of sp³-hybridized carbons (Fsp3) is 0.955. The molecule has 0 aliphatic carbocycles. The Hall–Kier alpha value is -0.610. The van der Waals surface area contributed by atoms with Crippen molar-refractivity contribution >= 4 is 5.97 Å². The molecule has 0 bridgehead atoms. The molecule has 154 valence electrons. The molecule has 0 spiro atoms. The predicted molar refractivity (Wildman–Crippen MR) is 106 cm³/mol. The van der Waals surface area contributed by atoms with E-state index in [4.69, 9.17) is 14.2 Å². The Morgan fingerprint density at radius 2 is 1.42 bits per heavy atom. The van der Waals surface area contributed by atoms with Gasteiger partial charge in [-0.1, -0.05) is 84.0 Å². The number of esters is 1. The van der Waals surface area contributed by atoms with Crippen molar-refractivity contribution in [1.82, 2.24) is 0 Å². The molecule has 1 heterocycles. The van der Waals surface area contributed by atoms with Crippen molar-refractivity contribution in [2.24, 2.45) is 0 Å². The second-order valence-electron chi connectivity index (χ2n) is 7.98. The average Bonchev–Trinajstić information content (AvgIpc) is 2.99. The third kappa shape index (κ3) is 11.9. The van der Waals surface area contributed by atoms with Gasteiger partial charge in [0.15, 0.2) is 5.79 Å². The van der Waals surface area contributed by atoms with Gasteiger partial charge in [-0.05, 0) is 13.3 Å². The van der Waals surface area contributed by atoms with Gasteiger partial charge < -0.3 is 14.2 Å². The van der Waals surface area contributed by atoms with Gasteiger partial charge in [-0.25, -0.2) is 0 Å². The Morgan fingerprint density at radius 1 is 0.923 bits per heavy atom. The van der Waals surface area contributed by atoms with E-state index in [1.807, 2.05) is 6.92 Å². The molecule has 0 N–H and O–H groups in total. The first-order valence-corrected chi connectivity index (χ1v) is 11.0. The Labute approximate surface area is 161 Å². The van der Waals surface area contributed by atoms with Crippen LogP contribution in [0.4, 0.5) is 0 Å². The maximum Gasteiger partial charge on any atom is 0.302 e. The van der Waals surface area contributed by atoms with Crippen LogP contribution in [0.5, 0.6) is 0 Å². The summed E-state index contributed by atoms with van der Waals surface area (Å²) in [4.78, 5) is 10.9. The molecule has 0 aromatic heterocycles. The number of unbranched alkanes of at least 4 members (excludes halogenated alkanes) is 12. The first kappa shape index (κ1) is 23.4. The fourth-order valence-electron chi connectivity index (χ4n) is 3.58. The highest BCUT2D eigenvalue weighted by Gasteiger charge is 2.36. The monoisotopic (exact) mass is 370 g/mol. The van der Waals surface area contributed by atoms with Crippen molar-refractivity contribution in [3.05, 3.63) is 0 Å². The van der Waals surface area contributed by atoms with Crippen LogP contribution in [0, 0.1) is 0 Å². The third-order valence-electron chi connectivity index (χ3n) is 5.20. The van der Waals surface area contributed by atoms with Crippen LogP contribution >= 0.6 is 0 Å². The molecule has 0 saturated carbocycles. The van der Waals surface area contributed by atoms with Crippen LogP contribution in [-0.4, -0.2) is 31.1 Å². The Bertz CT molecular complexity index is 358. The Balaban J connectivity index is 1.88. The zero-order valence-corrected chi connectivity index (χ0v) is 17.5. The van der Waals surface area contributed by atoms with E-state index in [-0.39, 0.29) is 12.1 Å². The summed E-state index contributed by atoms with van der Waals surface area (Å²) in [5.41, 5.74) is 0. The summed E-state index contributed by atoms with van der Waals surface area (Å²) in [7, 11) is 0. The van der Waals surface area contributed by atoms with Gasteiger partial charge in [0.1, 0.15) is 12.7 Å². The van der Waals surface area contributed by atoms with Crippen molar-refractivity contribution < 1.29 is 19.0 Å². The lowest BCUT2D eigenvalue weighted by Crippen LogP contribution is -2.28. The highest BCUT2D eigenvalue weighted by atomic mass is 16.7. The lowest BCUT2D eigenvalue weighted by atomic mass is 10.0. The Morgan fingerprint density at radius 3 is 1.92 bits per heavy atom. The molecule has 4 heteroatoms. The summed E-state index contributed by atoms with van der Waals surface area (Å²) in [5.74, 6) is -0.763. The van der Waals surface area contributed by atoms with Gasteiger partial charge in [-0.15, -0.1) is 0 Å². The van der Waals surface area contributed by atoms with E-state index < -0.39 is 5.79 Å². The maximum atomic E-state index is 10.9. The topological polar surface area (TPSA) is 44.8 Å². The first-order valence-electron chi connectivity index (χ1n) is 11.0. The number of hydrogen-bond acceptors (Lipinski definition) is 4. The van der Waals surface area contributed by atoms with Gasteiger partial charge in [0, 0.05) is 13.3 Å². The smallest absolute Gasteiger partial charge is 0.302 e. The van der Waals surface area contributed by atoms with Crippen LogP contribution in [0.2, 0.25) is 0 Å². The van der Waals surface area contributed by atoms with E-state index in [0.717, 1.165) is 12.8 Å². The van der Waals surface area contributed by atoms with Crippen LogP contribution in [0.1, 0.15) is 111 Å². The minimum atomic E-state index is -0.497. The molecule has 2 unspecified atom stereocenters. The number of rotatable bonds is 16. The summed E-state index contributed by atoms with van der Waals surface area (Å²) in [6, 6.07) is 0. The number of carbonyl (C=O) groups excluding carboxylic acids is 1. The molecule has 0 aromatic carbocycles. The van der Waals surface area contributed by atoms with Crippen LogP contribution in [0.3, 0.4) is 0 Å². The summed E-state index contributed by atoms with van der Waals surface area (Å²) in [6.07, 6.45) is 18.5. The number of hydrogen-bond donors (Lipinski definition) is 0. The standard InChI is InChI=1S/C22H42O4/c1-4-5-6-7-8-9-10-11-12-13-14-15-16-17-22(3)25-19-21(26-22)18-24-20(2)23/h21H,4-19H2,1-3H3. The second kappa shape index (κ2) is 14.4. The van der Waals surface area contributed by atoms with Crippen molar-refractivity contribution in [3.8, 4) is 0 Å². The molecule has 1 rings (SSSR count). The molecule has 1 fully saturated rings. The SMILES string of the molecule is CCCCCCCCCCCCCCCC1(C)OCC(COC(C)=O)O1. The molecule has 4 nitrogen and oxygen atoms in total. The van der Waals surface area contributed by atoms with Crippen LogP contribution in [0.15, 0.2) is 0 Å². The second-order valence-corrected chi connectivity index (χ2v) is 7.98. The Kier molecular flexibility index (Phi) is 13.0. The van der Waals surface area contributed by atoms with Gasteiger partial charge in [0.25, 0.3) is 0 Å². The predicted octanol–water partition coefficient (Wildman–Crippen LogP) is 6.16. The van der Waals surface area contributed by atoms with Gasteiger partial charge >= 0.3 is 5.97 Å². The van der Waals surface area contributed by atoms with Crippen molar-refractivity contribution in [2.75, 3.05) is 13.2 Å². The molecule has 1 saturated heterocycles. The largest absolute Gasteiger partial charge is 0.463 e. The molecule has 0 aromatic rings. The van der Waals surface area contributed by atoms with Crippen molar-refractivity contribution in [2.45, 2.75) is 123 Å². The van der Waals surface area contributed by atoms with Crippen LogP contribution < -0.4 is 0 Å². The maximum absolute atomic E-state index is 10.9. The van der Waals surface area contributed by atoms with Gasteiger partial charge in [0.2, 0.25) is 0 Å². The zero-order valence-electron chi connectivity index (χ0n) is 17.5. The van der Waals surface area contributed by atoms with E-state index in [0.29, 0.717) is 13.2 Å². The summed E-state index contributed by atoms with van der Waals surface area (Å²) < 4.78 is 16.7.